The molecule has 114 valence electrons. The van der Waals surface area contributed by atoms with Crippen LogP contribution in [0.2, 0.25) is 0 Å². The maximum atomic E-state index is 12.2. The number of hydrogen-bond donors (Lipinski definition) is 0. The van der Waals surface area contributed by atoms with Gasteiger partial charge < -0.3 is 0 Å². The van der Waals surface area contributed by atoms with Crippen molar-refractivity contribution in [3.63, 3.8) is 0 Å². The van der Waals surface area contributed by atoms with Gasteiger partial charge in [-0.25, -0.2) is 16.8 Å². The van der Waals surface area contributed by atoms with Crippen LogP contribution in [0, 0.1) is 0 Å². The van der Waals surface area contributed by atoms with E-state index in [1.807, 2.05) is 6.07 Å². The van der Waals surface area contributed by atoms with Crippen LogP contribution in [0.5, 0.6) is 0 Å². The first-order valence-electron chi connectivity index (χ1n) is 6.26. The third-order valence-corrected chi connectivity index (χ3v) is 5.85. The van der Waals surface area contributed by atoms with Gasteiger partial charge in [-0.2, -0.15) is 0 Å². The van der Waals surface area contributed by atoms with Gasteiger partial charge in [0.1, 0.15) is 0 Å². The van der Waals surface area contributed by atoms with Crippen molar-refractivity contribution in [2.75, 3.05) is 0 Å². The molecule has 0 saturated heterocycles. The Hall–Kier alpha value is -2.18. The van der Waals surface area contributed by atoms with Gasteiger partial charge in [0.15, 0.2) is 19.7 Å². The molecule has 0 unspecified atom stereocenters. The zero-order chi connectivity index (χ0) is 16.4. The summed E-state index contributed by atoms with van der Waals surface area (Å²) >= 11 is 0. The summed E-state index contributed by atoms with van der Waals surface area (Å²) in [6.07, 6.45) is 0. The van der Waals surface area contributed by atoms with Crippen molar-refractivity contribution in [3.05, 3.63) is 72.5 Å². The van der Waals surface area contributed by atoms with E-state index in [-0.39, 0.29) is 9.79 Å². The third-order valence-electron chi connectivity index (χ3n) is 3.11. The largest absolute Gasteiger partial charge is 0.219 e. The minimum absolute atomic E-state index is 0.100. The average Bonchev–Trinajstić information content (AvgIpc) is 2.55. The Morgan fingerprint density at radius 1 is 0.773 bits per heavy atom. The summed E-state index contributed by atoms with van der Waals surface area (Å²) in [6.45, 7) is 6.54. The Morgan fingerprint density at radius 3 is 1.91 bits per heavy atom. The van der Waals surface area contributed by atoms with E-state index in [4.69, 9.17) is 0 Å². The molecule has 0 N–H and O–H groups in total. The van der Waals surface area contributed by atoms with Gasteiger partial charge >= 0.3 is 0 Å². The van der Waals surface area contributed by atoms with Gasteiger partial charge in [-0.15, -0.1) is 0 Å². The summed E-state index contributed by atoms with van der Waals surface area (Å²) in [4.78, 5) is -0.223. The lowest BCUT2D eigenvalue weighted by Crippen LogP contribution is -2.03. The Balaban J connectivity index is 2.82. The van der Waals surface area contributed by atoms with Gasteiger partial charge in [-0.05, 0) is 17.7 Å². The number of sulfone groups is 2. The second kappa shape index (κ2) is 5.90. The lowest BCUT2D eigenvalue weighted by atomic mass is 10.1. The van der Waals surface area contributed by atoms with E-state index >= 15 is 0 Å². The topological polar surface area (TPSA) is 68.3 Å². The van der Waals surface area contributed by atoms with Crippen LogP contribution in [0.15, 0.2) is 82.3 Å². The van der Waals surface area contributed by atoms with Crippen molar-refractivity contribution in [2.24, 2.45) is 0 Å². The highest BCUT2D eigenvalue weighted by Gasteiger charge is 2.20. The lowest BCUT2D eigenvalue weighted by molar-refractivity contribution is 0.603. The van der Waals surface area contributed by atoms with E-state index < -0.39 is 19.7 Å². The minimum Gasteiger partial charge on any atom is -0.219 e. The molecule has 4 nitrogen and oxygen atoms in total. The van der Waals surface area contributed by atoms with Crippen molar-refractivity contribution in [3.8, 4) is 11.1 Å². The summed E-state index contributed by atoms with van der Waals surface area (Å²) in [5, 5.41) is 1.59. The van der Waals surface area contributed by atoms with Gasteiger partial charge in [0.2, 0.25) is 0 Å². The molecule has 0 spiro atoms. The standard InChI is InChI=1S/C16H14O4S2/c1-3-21(17,18)14-10-11-15(13-8-6-5-7-9-13)16(12-14)22(19,20)4-2/h3-12H,1-2H2. The number of benzene rings is 2. The highest BCUT2D eigenvalue weighted by atomic mass is 32.2. The maximum absolute atomic E-state index is 12.2. The molecule has 0 radical (unpaired) electrons. The molecular formula is C16H14O4S2. The van der Waals surface area contributed by atoms with Crippen LogP contribution in [0.4, 0.5) is 0 Å². The van der Waals surface area contributed by atoms with Crippen molar-refractivity contribution in [1.82, 2.24) is 0 Å². The molecule has 2 aromatic rings. The Kier molecular flexibility index (Phi) is 4.35. The quantitative estimate of drug-likeness (QED) is 0.842. The minimum atomic E-state index is -3.80. The average molecular weight is 334 g/mol. The van der Waals surface area contributed by atoms with E-state index in [9.17, 15) is 16.8 Å². The maximum Gasteiger partial charge on any atom is 0.199 e. The predicted octanol–water partition coefficient (Wildman–Crippen LogP) is 3.19. The molecule has 0 fully saturated rings. The van der Waals surface area contributed by atoms with Crippen LogP contribution >= 0.6 is 0 Å². The van der Waals surface area contributed by atoms with E-state index in [1.165, 1.54) is 12.1 Å². The summed E-state index contributed by atoms with van der Waals surface area (Å²) in [5.74, 6) is 0. The highest BCUT2D eigenvalue weighted by molar-refractivity contribution is 7.95. The van der Waals surface area contributed by atoms with Crippen LogP contribution < -0.4 is 0 Å². The fourth-order valence-electron chi connectivity index (χ4n) is 1.96. The van der Waals surface area contributed by atoms with Crippen LogP contribution in [-0.2, 0) is 19.7 Å². The SMILES string of the molecule is C=CS(=O)(=O)c1ccc(-c2ccccc2)c(S(=O)(=O)C=C)c1. The van der Waals surface area contributed by atoms with E-state index in [2.05, 4.69) is 13.2 Å². The Labute approximate surface area is 130 Å². The predicted molar refractivity (Wildman–Crippen MR) is 86.6 cm³/mol. The zero-order valence-corrected chi connectivity index (χ0v) is 13.3. The lowest BCUT2D eigenvalue weighted by Gasteiger charge is -2.10. The van der Waals surface area contributed by atoms with Gasteiger partial charge in [-0.1, -0.05) is 49.6 Å². The smallest absolute Gasteiger partial charge is 0.199 e. The second-order valence-corrected chi connectivity index (χ2v) is 8.21. The van der Waals surface area contributed by atoms with Crippen molar-refractivity contribution >= 4 is 19.7 Å². The molecule has 6 heteroatoms. The first kappa shape index (κ1) is 16.2. The highest BCUT2D eigenvalue weighted by Crippen LogP contribution is 2.31. The van der Waals surface area contributed by atoms with Crippen molar-refractivity contribution in [1.29, 1.82) is 0 Å². The molecule has 0 aromatic heterocycles. The first-order chi connectivity index (χ1) is 10.3. The number of hydrogen-bond acceptors (Lipinski definition) is 4. The van der Waals surface area contributed by atoms with E-state index in [0.717, 1.165) is 16.9 Å². The molecule has 2 aromatic carbocycles. The second-order valence-electron chi connectivity index (χ2n) is 4.45. The van der Waals surface area contributed by atoms with Crippen LogP contribution in [-0.4, -0.2) is 16.8 Å². The molecular weight excluding hydrogens is 320 g/mol. The first-order valence-corrected chi connectivity index (χ1v) is 9.35. The van der Waals surface area contributed by atoms with E-state index in [1.54, 1.807) is 24.3 Å². The van der Waals surface area contributed by atoms with Gasteiger partial charge in [-0.3, -0.25) is 0 Å². The van der Waals surface area contributed by atoms with E-state index in [0.29, 0.717) is 11.1 Å². The summed E-state index contributed by atoms with van der Waals surface area (Å²) in [5.41, 5.74) is 1.09. The molecule has 2 rings (SSSR count). The molecule has 0 aliphatic carbocycles. The molecule has 22 heavy (non-hydrogen) atoms. The van der Waals surface area contributed by atoms with Crippen LogP contribution in [0.3, 0.4) is 0 Å². The summed E-state index contributed by atoms with van der Waals surface area (Å²) in [6, 6.07) is 12.8. The zero-order valence-electron chi connectivity index (χ0n) is 11.6. The van der Waals surface area contributed by atoms with Crippen molar-refractivity contribution in [2.45, 2.75) is 9.79 Å². The Morgan fingerprint density at radius 2 is 1.36 bits per heavy atom. The third kappa shape index (κ3) is 3.03. The molecule has 0 saturated carbocycles. The fraction of sp³-hybridized carbons (Fsp3) is 0. The van der Waals surface area contributed by atoms with Crippen molar-refractivity contribution < 1.29 is 16.8 Å². The summed E-state index contributed by atoms with van der Waals surface area (Å²) < 4.78 is 48.2. The molecule has 0 heterocycles. The Bertz CT molecular complexity index is 925. The number of rotatable bonds is 5. The fourth-order valence-corrected chi connectivity index (χ4v) is 3.73. The van der Waals surface area contributed by atoms with Crippen LogP contribution in [0.25, 0.3) is 11.1 Å². The molecule has 0 atom stereocenters. The van der Waals surface area contributed by atoms with Gasteiger partial charge in [0, 0.05) is 16.4 Å². The molecule has 0 amide bonds. The monoisotopic (exact) mass is 334 g/mol. The summed E-state index contributed by atoms with van der Waals surface area (Å²) in [7, 11) is -7.53. The molecule has 0 aliphatic rings. The normalized spacial score (nSPS) is 11.8. The van der Waals surface area contributed by atoms with Crippen LogP contribution in [0.1, 0.15) is 0 Å². The van der Waals surface area contributed by atoms with Gasteiger partial charge in [0.05, 0.1) is 9.79 Å². The molecule has 0 aliphatic heterocycles. The van der Waals surface area contributed by atoms with Gasteiger partial charge in [0.25, 0.3) is 0 Å². The molecule has 0 bridgehead atoms.